The van der Waals surface area contributed by atoms with E-state index in [4.69, 9.17) is 4.42 Å². The molecule has 0 spiro atoms. The highest BCUT2D eigenvalue weighted by Gasteiger charge is 2.28. The third-order valence-electron chi connectivity index (χ3n) is 4.86. The smallest absolute Gasteiger partial charge is 0.317 e. The molecule has 140 valence electrons. The van der Waals surface area contributed by atoms with Gasteiger partial charge in [-0.05, 0) is 43.7 Å². The van der Waals surface area contributed by atoms with E-state index in [9.17, 15) is 9.59 Å². The number of piperidine rings is 1. The van der Waals surface area contributed by atoms with E-state index in [0.29, 0.717) is 25.4 Å². The Labute approximate surface area is 150 Å². The minimum Gasteiger partial charge on any atom is -0.467 e. The predicted octanol–water partition coefficient (Wildman–Crippen LogP) is 3.27. The third kappa shape index (κ3) is 5.51. The van der Waals surface area contributed by atoms with Gasteiger partial charge in [0.2, 0.25) is 5.91 Å². The number of carbonyl (C=O) groups excluding carboxylic acids is 2. The fourth-order valence-electron chi connectivity index (χ4n) is 3.15. The number of carbonyl (C=O) groups is 2. The van der Waals surface area contributed by atoms with Gasteiger partial charge in [0, 0.05) is 33.1 Å². The van der Waals surface area contributed by atoms with E-state index in [1.165, 1.54) is 0 Å². The maximum Gasteiger partial charge on any atom is 0.317 e. The standard InChI is InChI=1S/C19H31N3O3/c1-14(2)12-20-19(24)22-9-5-7-16(13-22)11-18(23)21(4)15(3)17-8-6-10-25-17/h6,8,10,14-16H,5,7,9,11-13H2,1-4H3,(H,20,24)/t15-,16+/m1/s1. The Morgan fingerprint density at radius 2 is 2.16 bits per heavy atom. The van der Waals surface area contributed by atoms with Crippen molar-refractivity contribution in [2.75, 3.05) is 26.7 Å². The van der Waals surface area contributed by atoms with Gasteiger partial charge in [-0.25, -0.2) is 4.79 Å². The lowest BCUT2D eigenvalue weighted by Gasteiger charge is -2.34. The van der Waals surface area contributed by atoms with Crippen molar-refractivity contribution in [3.8, 4) is 0 Å². The summed E-state index contributed by atoms with van der Waals surface area (Å²) >= 11 is 0. The Morgan fingerprint density at radius 3 is 2.80 bits per heavy atom. The van der Waals surface area contributed by atoms with Crippen molar-refractivity contribution >= 4 is 11.9 Å². The summed E-state index contributed by atoms with van der Waals surface area (Å²) in [5, 5.41) is 2.96. The van der Waals surface area contributed by atoms with Crippen molar-refractivity contribution in [2.45, 2.75) is 46.1 Å². The maximum atomic E-state index is 12.6. The van der Waals surface area contributed by atoms with Crippen molar-refractivity contribution < 1.29 is 14.0 Å². The summed E-state index contributed by atoms with van der Waals surface area (Å²) in [6, 6.07) is 3.62. The summed E-state index contributed by atoms with van der Waals surface area (Å²) in [6.45, 7) is 8.22. The molecule has 2 rings (SSSR count). The zero-order valence-corrected chi connectivity index (χ0v) is 15.8. The molecule has 0 saturated carbocycles. The summed E-state index contributed by atoms with van der Waals surface area (Å²) in [5.74, 6) is 1.53. The molecule has 1 N–H and O–H groups in total. The average molecular weight is 349 g/mol. The fourth-order valence-corrected chi connectivity index (χ4v) is 3.15. The normalized spacial score (nSPS) is 18.9. The first-order chi connectivity index (χ1) is 11.9. The van der Waals surface area contributed by atoms with E-state index in [1.54, 1.807) is 11.2 Å². The molecule has 1 aliphatic heterocycles. The zero-order valence-electron chi connectivity index (χ0n) is 15.8. The van der Waals surface area contributed by atoms with Crippen LogP contribution in [0.1, 0.15) is 51.8 Å². The quantitative estimate of drug-likeness (QED) is 0.857. The lowest BCUT2D eigenvalue weighted by atomic mass is 9.94. The molecule has 0 bridgehead atoms. The molecule has 1 aliphatic rings. The van der Waals surface area contributed by atoms with Crippen molar-refractivity contribution in [3.05, 3.63) is 24.2 Å². The van der Waals surface area contributed by atoms with Crippen LogP contribution in [0.25, 0.3) is 0 Å². The Hall–Kier alpha value is -1.98. The second-order valence-corrected chi connectivity index (χ2v) is 7.43. The molecule has 1 aromatic rings. The van der Waals surface area contributed by atoms with Gasteiger partial charge in [-0.15, -0.1) is 0 Å². The molecule has 1 fully saturated rings. The Kier molecular flexibility index (Phi) is 6.91. The molecule has 1 saturated heterocycles. The van der Waals surface area contributed by atoms with Crippen LogP contribution in [-0.2, 0) is 4.79 Å². The van der Waals surface area contributed by atoms with Gasteiger partial charge in [0.15, 0.2) is 0 Å². The minimum absolute atomic E-state index is 0.0110. The topological polar surface area (TPSA) is 65.8 Å². The third-order valence-corrected chi connectivity index (χ3v) is 4.86. The number of hydrogen-bond acceptors (Lipinski definition) is 3. The van der Waals surface area contributed by atoms with Crippen LogP contribution < -0.4 is 5.32 Å². The van der Waals surface area contributed by atoms with Crippen LogP contribution in [-0.4, -0.2) is 48.4 Å². The van der Waals surface area contributed by atoms with Crippen molar-refractivity contribution in [1.29, 1.82) is 0 Å². The van der Waals surface area contributed by atoms with Gasteiger partial charge in [0.25, 0.3) is 0 Å². The molecule has 3 amide bonds. The van der Waals surface area contributed by atoms with Gasteiger partial charge in [0.1, 0.15) is 5.76 Å². The van der Waals surface area contributed by atoms with Crippen LogP contribution in [0.15, 0.2) is 22.8 Å². The molecule has 1 aromatic heterocycles. The molecule has 0 aromatic carbocycles. The molecule has 2 heterocycles. The van der Waals surface area contributed by atoms with Crippen LogP contribution in [0.2, 0.25) is 0 Å². The van der Waals surface area contributed by atoms with Crippen LogP contribution in [0, 0.1) is 11.8 Å². The lowest BCUT2D eigenvalue weighted by molar-refractivity contribution is -0.133. The Morgan fingerprint density at radius 1 is 1.40 bits per heavy atom. The summed E-state index contributed by atoms with van der Waals surface area (Å²) in [4.78, 5) is 28.4. The van der Waals surface area contributed by atoms with E-state index < -0.39 is 0 Å². The molecule has 25 heavy (non-hydrogen) atoms. The molecule has 2 atom stereocenters. The number of hydrogen-bond donors (Lipinski definition) is 1. The number of urea groups is 1. The van der Waals surface area contributed by atoms with E-state index in [-0.39, 0.29) is 23.9 Å². The summed E-state index contributed by atoms with van der Waals surface area (Å²) in [6.07, 6.45) is 4.03. The highest BCUT2D eigenvalue weighted by atomic mass is 16.3. The largest absolute Gasteiger partial charge is 0.467 e. The number of amides is 3. The minimum atomic E-state index is -0.0865. The van der Waals surface area contributed by atoms with Gasteiger partial charge in [0.05, 0.1) is 12.3 Å². The van der Waals surface area contributed by atoms with Crippen LogP contribution >= 0.6 is 0 Å². The zero-order chi connectivity index (χ0) is 18.4. The number of nitrogens with zero attached hydrogens (tertiary/aromatic N) is 2. The van der Waals surface area contributed by atoms with Gasteiger partial charge in [-0.2, -0.15) is 0 Å². The highest BCUT2D eigenvalue weighted by Crippen LogP contribution is 2.24. The second-order valence-electron chi connectivity index (χ2n) is 7.43. The highest BCUT2D eigenvalue weighted by molar-refractivity contribution is 5.77. The van der Waals surface area contributed by atoms with E-state index in [1.807, 2.05) is 31.0 Å². The summed E-state index contributed by atoms with van der Waals surface area (Å²) < 4.78 is 5.40. The molecule has 0 aliphatic carbocycles. The number of nitrogens with one attached hydrogen (secondary N) is 1. The van der Waals surface area contributed by atoms with Gasteiger partial charge in [-0.1, -0.05) is 13.8 Å². The van der Waals surface area contributed by atoms with Gasteiger partial charge < -0.3 is 19.5 Å². The van der Waals surface area contributed by atoms with E-state index >= 15 is 0 Å². The SMILES string of the molecule is CC(C)CNC(=O)N1CCC[C@@H](CC(=O)N(C)[C@H](C)c2ccco2)C1. The molecule has 0 radical (unpaired) electrons. The second kappa shape index (κ2) is 8.92. The lowest BCUT2D eigenvalue weighted by Crippen LogP contribution is -2.47. The maximum absolute atomic E-state index is 12.6. The summed E-state index contributed by atoms with van der Waals surface area (Å²) in [7, 11) is 1.81. The summed E-state index contributed by atoms with van der Waals surface area (Å²) in [5.41, 5.74) is 0. The predicted molar refractivity (Wildman–Crippen MR) is 97.0 cm³/mol. The molecule has 0 unspecified atom stereocenters. The van der Waals surface area contributed by atoms with Crippen molar-refractivity contribution in [1.82, 2.24) is 15.1 Å². The first-order valence-corrected chi connectivity index (χ1v) is 9.20. The molecular formula is C19H31N3O3. The number of likely N-dealkylation sites (tertiary alicyclic amines) is 1. The first kappa shape index (κ1) is 19.3. The number of furan rings is 1. The van der Waals surface area contributed by atoms with Gasteiger partial charge in [-0.3, -0.25) is 4.79 Å². The van der Waals surface area contributed by atoms with E-state index in [2.05, 4.69) is 19.2 Å². The first-order valence-electron chi connectivity index (χ1n) is 9.20. The Balaban J connectivity index is 1.84. The van der Waals surface area contributed by atoms with E-state index in [0.717, 1.165) is 25.1 Å². The Bertz CT molecular complexity index is 556. The van der Waals surface area contributed by atoms with Crippen molar-refractivity contribution in [2.24, 2.45) is 11.8 Å². The number of rotatable bonds is 6. The van der Waals surface area contributed by atoms with Gasteiger partial charge >= 0.3 is 6.03 Å². The average Bonchev–Trinajstić information content (AvgIpc) is 3.13. The molecule has 6 heteroatoms. The van der Waals surface area contributed by atoms with Crippen LogP contribution in [0.3, 0.4) is 0 Å². The van der Waals surface area contributed by atoms with Crippen molar-refractivity contribution in [3.63, 3.8) is 0 Å². The fraction of sp³-hybridized carbons (Fsp3) is 0.684. The molecule has 6 nitrogen and oxygen atoms in total. The van der Waals surface area contributed by atoms with Crippen LogP contribution in [0.4, 0.5) is 4.79 Å². The molecular weight excluding hydrogens is 318 g/mol. The van der Waals surface area contributed by atoms with Crippen LogP contribution in [0.5, 0.6) is 0 Å². The monoisotopic (exact) mass is 349 g/mol.